The summed E-state index contributed by atoms with van der Waals surface area (Å²) in [5.41, 5.74) is 10.6. The number of morpholine rings is 1. The van der Waals surface area contributed by atoms with E-state index in [1.807, 2.05) is 31.2 Å². The highest BCUT2D eigenvalue weighted by Crippen LogP contribution is 2.50. The number of ether oxygens (including phenoxy) is 2. The van der Waals surface area contributed by atoms with Crippen molar-refractivity contribution in [1.82, 2.24) is 19.9 Å². The molecule has 3 fully saturated rings. The summed E-state index contributed by atoms with van der Waals surface area (Å²) < 4.78 is 11.0. The molecule has 4 heterocycles. The molecule has 3 aromatic rings. The second kappa shape index (κ2) is 11.5. The molecule has 1 amide bonds. The van der Waals surface area contributed by atoms with E-state index < -0.39 is 5.91 Å². The van der Waals surface area contributed by atoms with E-state index >= 15 is 0 Å². The van der Waals surface area contributed by atoms with E-state index in [1.165, 1.54) is 5.56 Å². The van der Waals surface area contributed by atoms with Crippen LogP contribution in [0.25, 0.3) is 11.3 Å². The van der Waals surface area contributed by atoms with E-state index in [2.05, 4.69) is 32.7 Å². The zero-order valence-corrected chi connectivity index (χ0v) is 23.0. The number of aryl methyl sites for hydroxylation is 1. The smallest absolute Gasteiger partial charge is 0.271 e. The molecule has 0 unspecified atom stereocenters. The van der Waals surface area contributed by atoms with Gasteiger partial charge in [-0.15, -0.1) is 0 Å². The Balaban J connectivity index is 1.27. The van der Waals surface area contributed by atoms with Crippen LogP contribution in [0.3, 0.4) is 0 Å². The van der Waals surface area contributed by atoms with Gasteiger partial charge in [-0.2, -0.15) is 0 Å². The number of carbonyl (C=O) groups is 1. The fraction of sp³-hybridized carbons (Fsp3) is 0.467. The van der Waals surface area contributed by atoms with Crippen LogP contribution < -0.4 is 16.4 Å². The lowest BCUT2D eigenvalue weighted by Gasteiger charge is -2.50. The van der Waals surface area contributed by atoms with Crippen molar-refractivity contribution in [1.29, 1.82) is 0 Å². The van der Waals surface area contributed by atoms with Crippen LogP contribution in [0.15, 0.2) is 42.6 Å². The van der Waals surface area contributed by atoms with Gasteiger partial charge in [0, 0.05) is 62.0 Å². The van der Waals surface area contributed by atoms with Gasteiger partial charge in [-0.25, -0.2) is 9.97 Å². The number of hydrogen-bond acceptors (Lipinski definition) is 9. The summed E-state index contributed by atoms with van der Waals surface area (Å²) in [4.78, 5) is 28.9. The number of aromatic nitrogens is 3. The number of amides is 1. The van der Waals surface area contributed by atoms with Crippen LogP contribution in [0.1, 0.15) is 47.4 Å². The average molecular weight is 544 g/mol. The van der Waals surface area contributed by atoms with Gasteiger partial charge in [0.05, 0.1) is 13.2 Å². The molecule has 4 N–H and O–H groups in total. The molecular formula is C30H37N7O3. The number of primary amides is 1. The third kappa shape index (κ3) is 5.94. The molecule has 3 aliphatic rings. The van der Waals surface area contributed by atoms with E-state index in [0.29, 0.717) is 22.7 Å². The Morgan fingerprint density at radius 2 is 1.75 bits per heavy atom. The lowest BCUT2D eigenvalue weighted by Crippen LogP contribution is -2.48. The van der Waals surface area contributed by atoms with Gasteiger partial charge >= 0.3 is 0 Å². The molecule has 0 atom stereocenters. The third-order valence-corrected chi connectivity index (χ3v) is 8.28. The number of carbonyl (C=O) groups excluding carboxylic acids is 1. The molecule has 2 aromatic heterocycles. The van der Waals surface area contributed by atoms with E-state index in [-0.39, 0.29) is 11.7 Å². The first kappa shape index (κ1) is 26.6. The van der Waals surface area contributed by atoms with E-state index in [1.54, 1.807) is 6.20 Å². The third-order valence-electron chi connectivity index (χ3n) is 8.28. The van der Waals surface area contributed by atoms with Gasteiger partial charge in [0.2, 0.25) is 0 Å². The minimum absolute atomic E-state index is 0.0990. The number of hydrogen-bond donors (Lipinski definition) is 3. The molecule has 2 saturated heterocycles. The number of anilines is 3. The maximum atomic E-state index is 12.6. The Labute approximate surface area is 234 Å². The molecule has 0 radical (unpaired) electrons. The molecule has 1 aromatic carbocycles. The zero-order chi connectivity index (χ0) is 27.5. The number of nitrogens with two attached hydrogens (primary N) is 1. The van der Waals surface area contributed by atoms with Gasteiger partial charge < -0.3 is 25.8 Å². The largest absolute Gasteiger partial charge is 0.381 e. The van der Waals surface area contributed by atoms with Gasteiger partial charge in [0.25, 0.3) is 5.91 Å². The molecule has 1 saturated carbocycles. The van der Waals surface area contributed by atoms with Crippen molar-refractivity contribution in [3.63, 3.8) is 0 Å². The normalized spacial score (nSPS) is 19.2. The highest BCUT2D eigenvalue weighted by atomic mass is 16.5. The molecule has 10 nitrogen and oxygen atoms in total. The van der Waals surface area contributed by atoms with E-state index in [4.69, 9.17) is 25.2 Å². The quantitative estimate of drug-likeness (QED) is 0.388. The molecule has 10 heteroatoms. The number of nitrogens with one attached hydrogen (secondary N) is 2. The van der Waals surface area contributed by atoms with Crippen molar-refractivity contribution in [2.24, 2.45) is 11.1 Å². The molecule has 210 valence electrons. The summed E-state index contributed by atoms with van der Waals surface area (Å²) in [5.74, 6) is 0.335. The number of pyridine rings is 1. The Morgan fingerprint density at radius 3 is 2.45 bits per heavy atom. The van der Waals surface area contributed by atoms with Crippen LogP contribution in [-0.2, 0) is 16.0 Å². The minimum Gasteiger partial charge on any atom is -0.381 e. The lowest BCUT2D eigenvalue weighted by molar-refractivity contribution is -0.0342. The van der Waals surface area contributed by atoms with Crippen molar-refractivity contribution in [3.05, 3.63) is 59.5 Å². The summed E-state index contributed by atoms with van der Waals surface area (Å²) >= 11 is 0. The van der Waals surface area contributed by atoms with Crippen LogP contribution in [0.4, 0.5) is 17.3 Å². The van der Waals surface area contributed by atoms with Crippen molar-refractivity contribution in [2.75, 3.05) is 50.2 Å². The van der Waals surface area contributed by atoms with Gasteiger partial charge in [0.1, 0.15) is 5.69 Å². The van der Waals surface area contributed by atoms with Crippen LogP contribution in [-0.4, -0.2) is 71.3 Å². The first-order chi connectivity index (χ1) is 19.5. The Morgan fingerprint density at radius 1 is 1.02 bits per heavy atom. The number of benzene rings is 1. The van der Waals surface area contributed by atoms with E-state index in [9.17, 15) is 4.79 Å². The molecule has 0 bridgehead atoms. The van der Waals surface area contributed by atoms with Gasteiger partial charge in [0.15, 0.2) is 17.3 Å². The van der Waals surface area contributed by atoms with Crippen molar-refractivity contribution >= 4 is 23.2 Å². The van der Waals surface area contributed by atoms with Crippen molar-refractivity contribution in [2.45, 2.75) is 45.2 Å². The zero-order valence-electron chi connectivity index (χ0n) is 23.0. The van der Waals surface area contributed by atoms with Gasteiger partial charge in [-0.1, -0.05) is 12.1 Å². The molecule has 40 heavy (non-hydrogen) atoms. The minimum atomic E-state index is -0.637. The topological polar surface area (TPSA) is 128 Å². The second-order valence-electron chi connectivity index (χ2n) is 11.2. The first-order valence-corrected chi connectivity index (χ1v) is 14.1. The predicted octanol–water partition coefficient (Wildman–Crippen LogP) is 3.89. The number of rotatable bonds is 8. The predicted molar refractivity (Wildman–Crippen MR) is 153 cm³/mol. The lowest BCUT2D eigenvalue weighted by atomic mass is 9.61. The summed E-state index contributed by atoms with van der Waals surface area (Å²) in [7, 11) is 0. The summed E-state index contributed by atoms with van der Waals surface area (Å²) in [6.07, 6.45) is 6.07. The Bertz CT molecular complexity index is 1340. The summed E-state index contributed by atoms with van der Waals surface area (Å²) in [6.45, 7) is 7.89. The molecule has 2 aliphatic heterocycles. The fourth-order valence-electron chi connectivity index (χ4n) is 6.03. The molecule has 6 rings (SSSR count). The van der Waals surface area contributed by atoms with Crippen molar-refractivity contribution in [3.8, 4) is 11.3 Å². The standard InChI is InChI=1S/C30H37N7O3/c1-20-16-22(6-9-32-20)25-28(34-24-17-30(18-24)7-12-39-13-8-30)36-29(26(35-25)27(31)38)33-23-4-2-21(3-5-23)19-37-10-14-40-15-11-37/h2-6,9,16,24H,7-8,10-15,17-19H2,1H3,(H2,31,38)(H2,33,34,36). The maximum Gasteiger partial charge on any atom is 0.271 e. The highest BCUT2D eigenvalue weighted by Gasteiger charge is 2.45. The number of nitrogens with zero attached hydrogens (tertiary/aromatic N) is 4. The van der Waals surface area contributed by atoms with E-state index in [0.717, 1.165) is 88.7 Å². The van der Waals surface area contributed by atoms with Crippen LogP contribution >= 0.6 is 0 Å². The average Bonchev–Trinajstić information content (AvgIpc) is 2.94. The van der Waals surface area contributed by atoms with Crippen LogP contribution in [0.5, 0.6) is 0 Å². The SMILES string of the molecule is Cc1cc(-c2nc(C(N)=O)c(Nc3ccc(CN4CCOCC4)cc3)nc2NC2CC3(CCOCC3)C2)ccn1. The summed E-state index contributed by atoms with van der Waals surface area (Å²) in [5, 5.41) is 6.95. The highest BCUT2D eigenvalue weighted by molar-refractivity contribution is 5.97. The van der Waals surface area contributed by atoms with Crippen LogP contribution in [0.2, 0.25) is 0 Å². The monoisotopic (exact) mass is 543 g/mol. The Hall–Kier alpha value is -3.60. The molecule has 1 spiro atoms. The van der Waals surface area contributed by atoms with Crippen LogP contribution in [0, 0.1) is 12.3 Å². The molecule has 1 aliphatic carbocycles. The van der Waals surface area contributed by atoms with Gasteiger partial charge in [-0.3, -0.25) is 14.7 Å². The molecular weight excluding hydrogens is 506 g/mol. The van der Waals surface area contributed by atoms with Gasteiger partial charge in [-0.05, 0) is 67.9 Å². The Kier molecular flexibility index (Phi) is 7.64. The maximum absolute atomic E-state index is 12.6. The summed E-state index contributed by atoms with van der Waals surface area (Å²) in [6, 6.07) is 12.3. The second-order valence-corrected chi connectivity index (χ2v) is 11.2. The van der Waals surface area contributed by atoms with Crippen molar-refractivity contribution < 1.29 is 14.3 Å². The fourth-order valence-corrected chi connectivity index (χ4v) is 6.03. The first-order valence-electron chi connectivity index (χ1n) is 14.1.